The maximum atomic E-state index is 12.1. The number of hydrogen-bond acceptors (Lipinski definition) is 6. The molecule has 0 atom stereocenters. The van der Waals surface area contributed by atoms with Crippen LogP contribution in [0.25, 0.3) is 5.65 Å². The average molecular weight is 365 g/mol. The van der Waals surface area contributed by atoms with Crippen molar-refractivity contribution in [1.29, 1.82) is 0 Å². The first-order chi connectivity index (χ1) is 13.3. The van der Waals surface area contributed by atoms with Crippen LogP contribution in [-0.2, 0) is 17.8 Å². The molecule has 0 bridgehead atoms. The SMILES string of the molecule is O=C(CCc1nnc2ccc(NCc3cccnc3)nn12)NC1CCCC1. The predicted molar refractivity (Wildman–Crippen MR) is 101 cm³/mol. The molecule has 3 aromatic heterocycles. The number of hydrogen-bond donors (Lipinski definition) is 2. The van der Waals surface area contributed by atoms with Crippen LogP contribution in [0.4, 0.5) is 5.82 Å². The standard InChI is InChI=1S/C19H23N7O/c27-19(22-15-5-1-2-6-15)10-9-18-24-23-17-8-7-16(25-26(17)18)21-13-14-4-3-11-20-12-14/h3-4,7-8,11-12,15H,1-2,5-6,9-10,13H2,(H,21,25)(H,22,27). The van der Waals surface area contributed by atoms with Gasteiger partial charge in [0.25, 0.3) is 0 Å². The molecule has 1 amide bonds. The van der Waals surface area contributed by atoms with E-state index in [2.05, 4.69) is 30.9 Å². The smallest absolute Gasteiger partial charge is 0.220 e. The summed E-state index contributed by atoms with van der Waals surface area (Å²) in [4.78, 5) is 16.3. The summed E-state index contributed by atoms with van der Waals surface area (Å²) in [5, 5.41) is 19.3. The molecule has 2 N–H and O–H groups in total. The van der Waals surface area contributed by atoms with Crippen LogP contribution in [0, 0.1) is 0 Å². The molecular weight excluding hydrogens is 342 g/mol. The highest BCUT2D eigenvalue weighted by atomic mass is 16.1. The fraction of sp³-hybridized carbons (Fsp3) is 0.421. The Balaban J connectivity index is 1.38. The lowest BCUT2D eigenvalue weighted by molar-refractivity contribution is -0.121. The Morgan fingerprint density at radius 3 is 2.89 bits per heavy atom. The topological polar surface area (TPSA) is 97.1 Å². The van der Waals surface area contributed by atoms with Gasteiger partial charge in [-0.05, 0) is 36.6 Å². The molecule has 1 saturated carbocycles. The first kappa shape index (κ1) is 17.4. The van der Waals surface area contributed by atoms with Gasteiger partial charge in [-0.25, -0.2) is 0 Å². The summed E-state index contributed by atoms with van der Waals surface area (Å²) in [6, 6.07) is 7.99. The third kappa shape index (κ3) is 4.39. The third-order valence-corrected chi connectivity index (χ3v) is 4.82. The van der Waals surface area contributed by atoms with Crippen molar-refractivity contribution in [3.63, 3.8) is 0 Å². The Labute approximate surface area is 157 Å². The van der Waals surface area contributed by atoms with Gasteiger partial charge in [0, 0.05) is 37.8 Å². The van der Waals surface area contributed by atoms with Crippen molar-refractivity contribution in [3.8, 4) is 0 Å². The Morgan fingerprint density at radius 2 is 2.07 bits per heavy atom. The van der Waals surface area contributed by atoms with E-state index in [0.29, 0.717) is 36.9 Å². The Hall–Kier alpha value is -3.03. The minimum Gasteiger partial charge on any atom is -0.364 e. The van der Waals surface area contributed by atoms with Crippen molar-refractivity contribution in [2.24, 2.45) is 0 Å². The molecule has 0 spiro atoms. The molecule has 1 aliphatic carbocycles. The van der Waals surface area contributed by atoms with Crippen LogP contribution in [0.1, 0.15) is 43.5 Å². The van der Waals surface area contributed by atoms with Gasteiger partial charge in [-0.15, -0.1) is 15.3 Å². The normalized spacial score (nSPS) is 14.5. The van der Waals surface area contributed by atoms with Crippen molar-refractivity contribution < 1.29 is 4.79 Å². The second-order valence-corrected chi connectivity index (χ2v) is 6.87. The average Bonchev–Trinajstić information content (AvgIpc) is 3.35. The highest BCUT2D eigenvalue weighted by Crippen LogP contribution is 2.17. The van der Waals surface area contributed by atoms with E-state index in [-0.39, 0.29) is 5.91 Å². The number of amides is 1. The lowest BCUT2D eigenvalue weighted by atomic mass is 10.2. The number of pyridine rings is 1. The lowest BCUT2D eigenvalue weighted by Gasteiger charge is -2.11. The van der Waals surface area contributed by atoms with Gasteiger partial charge < -0.3 is 10.6 Å². The number of aromatic nitrogens is 5. The number of aryl methyl sites for hydroxylation is 1. The van der Waals surface area contributed by atoms with Crippen molar-refractivity contribution in [3.05, 3.63) is 48.0 Å². The van der Waals surface area contributed by atoms with E-state index >= 15 is 0 Å². The minimum atomic E-state index is 0.0736. The van der Waals surface area contributed by atoms with E-state index in [9.17, 15) is 4.79 Å². The lowest BCUT2D eigenvalue weighted by Crippen LogP contribution is -2.32. The van der Waals surface area contributed by atoms with Gasteiger partial charge in [0.2, 0.25) is 5.91 Å². The summed E-state index contributed by atoms with van der Waals surface area (Å²) in [6.45, 7) is 0.633. The molecule has 4 rings (SSSR count). The summed E-state index contributed by atoms with van der Waals surface area (Å²) in [5.74, 6) is 1.49. The zero-order valence-electron chi connectivity index (χ0n) is 15.1. The van der Waals surface area contributed by atoms with Gasteiger partial charge in [0.15, 0.2) is 11.5 Å². The molecule has 8 heteroatoms. The van der Waals surface area contributed by atoms with Crippen LogP contribution in [0.5, 0.6) is 0 Å². The van der Waals surface area contributed by atoms with Crippen LogP contribution in [0.2, 0.25) is 0 Å². The van der Waals surface area contributed by atoms with E-state index in [4.69, 9.17) is 0 Å². The summed E-state index contributed by atoms with van der Waals surface area (Å²) < 4.78 is 1.70. The van der Waals surface area contributed by atoms with E-state index in [0.717, 1.165) is 24.2 Å². The Bertz CT molecular complexity index is 903. The van der Waals surface area contributed by atoms with Crippen LogP contribution in [-0.4, -0.2) is 36.7 Å². The zero-order chi connectivity index (χ0) is 18.5. The number of nitrogens with zero attached hydrogens (tertiary/aromatic N) is 5. The van der Waals surface area contributed by atoms with Crippen molar-refractivity contribution in [2.75, 3.05) is 5.32 Å². The van der Waals surface area contributed by atoms with Gasteiger partial charge in [-0.1, -0.05) is 18.9 Å². The molecule has 0 aromatic carbocycles. The van der Waals surface area contributed by atoms with Crippen molar-refractivity contribution in [2.45, 2.75) is 51.1 Å². The Morgan fingerprint density at radius 1 is 1.19 bits per heavy atom. The fourth-order valence-electron chi connectivity index (χ4n) is 3.37. The second kappa shape index (κ2) is 8.11. The first-order valence-corrected chi connectivity index (χ1v) is 9.41. The van der Waals surface area contributed by atoms with Crippen molar-refractivity contribution >= 4 is 17.4 Å². The Kier molecular flexibility index (Phi) is 5.22. The van der Waals surface area contributed by atoms with Crippen LogP contribution < -0.4 is 10.6 Å². The number of nitrogens with one attached hydrogen (secondary N) is 2. The van der Waals surface area contributed by atoms with Crippen LogP contribution in [0.15, 0.2) is 36.7 Å². The molecule has 27 heavy (non-hydrogen) atoms. The molecular formula is C19H23N7O. The van der Waals surface area contributed by atoms with Crippen LogP contribution >= 0.6 is 0 Å². The van der Waals surface area contributed by atoms with E-state index < -0.39 is 0 Å². The van der Waals surface area contributed by atoms with Crippen molar-refractivity contribution in [1.82, 2.24) is 30.1 Å². The van der Waals surface area contributed by atoms with E-state index in [1.165, 1.54) is 12.8 Å². The molecule has 0 aliphatic heterocycles. The molecule has 8 nitrogen and oxygen atoms in total. The quantitative estimate of drug-likeness (QED) is 0.666. The van der Waals surface area contributed by atoms with Gasteiger partial charge in [0.05, 0.1) is 0 Å². The predicted octanol–water partition coefficient (Wildman–Crippen LogP) is 2.12. The minimum absolute atomic E-state index is 0.0736. The molecule has 3 aromatic rings. The maximum absolute atomic E-state index is 12.1. The molecule has 3 heterocycles. The fourth-order valence-corrected chi connectivity index (χ4v) is 3.37. The van der Waals surface area contributed by atoms with E-state index in [1.54, 1.807) is 10.7 Å². The third-order valence-electron chi connectivity index (χ3n) is 4.82. The number of fused-ring (bicyclic) bond motifs is 1. The molecule has 0 saturated heterocycles. The van der Waals surface area contributed by atoms with Gasteiger partial charge in [-0.2, -0.15) is 4.52 Å². The summed E-state index contributed by atoms with van der Waals surface area (Å²) in [5.41, 5.74) is 1.75. The molecule has 140 valence electrons. The molecule has 0 radical (unpaired) electrons. The largest absolute Gasteiger partial charge is 0.364 e. The molecule has 1 fully saturated rings. The second-order valence-electron chi connectivity index (χ2n) is 6.87. The number of carbonyl (C=O) groups excluding carboxylic acids is 1. The molecule has 0 unspecified atom stereocenters. The summed E-state index contributed by atoms with van der Waals surface area (Å²) >= 11 is 0. The molecule has 1 aliphatic rings. The highest BCUT2D eigenvalue weighted by molar-refractivity contribution is 5.76. The number of carbonyl (C=O) groups is 1. The number of rotatable bonds is 7. The monoisotopic (exact) mass is 365 g/mol. The van der Waals surface area contributed by atoms with Crippen LogP contribution in [0.3, 0.4) is 0 Å². The first-order valence-electron chi connectivity index (χ1n) is 9.41. The van der Waals surface area contributed by atoms with Gasteiger partial charge >= 0.3 is 0 Å². The summed E-state index contributed by atoms with van der Waals surface area (Å²) in [7, 11) is 0. The van der Waals surface area contributed by atoms with E-state index in [1.807, 2.05) is 30.5 Å². The summed E-state index contributed by atoms with van der Waals surface area (Å²) in [6.07, 6.45) is 9.07. The highest BCUT2D eigenvalue weighted by Gasteiger charge is 2.17. The maximum Gasteiger partial charge on any atom is 0.220 e. The van der Waals surface area contributed by atoms with Gasteiger partial charge in [0.1, 0.15) is 5.82 Å². The van der Waals surface area contributed by atoms with Gasteiger partial charge in [-0.3, -0.25) is 9.78 Å². The number of anilines is 1. The zero-order valence-corrected chi connectivity index (χ0v) is 15.1.